The van der Waals surface area contributed by atoms with Gasteiger partial charge in [-0.15, -0.1) is 11.6 Å². The summed E-state index contributed by atoms with van der Waals surface area (Å²) < 4.78 is 5.09. The molecule has 0 aliphatic carbocycles. The van der Waals surface area contributed by atoms with Crippen LogP contribution in [0.2, 0.25) is 0 Å². The molecule has 0 fully saturated rings. The first-order valence-corrected chi connectivity index (χ1v) is 4.77. The van der Waals surface area contributed by atoms with Gasteiger partial charge in [0.1, 0.15) is 5.75 Å². The molecule has 0 saturated heterocycles. The summed E-state index contributed by atoms with van der Waals surface area (Å²) in [4.78, 5) is 0. The minimum Gasteiger partial charge on any atom is -0.497 e. The van der Waals surface area contributed by atoms with Crippen LogP contribution in [0.5, 0.6) is 5.75 Å². The van der Waals surface area contributed by atoms with Gasteiger partial charge in [-0.25, -0.2) is 0 Å². The highest BCUT2D eigenvalue weighted by Gasteiger charge is 2.05. The highest BCUT2D eigenvalue weighted by Crippen LogP contribution is 2.19. The van der Waals surface area contributed by atoms with Crippen molar-refractivity contribution in [3.8, 4) is 5.75 Å². The smallest absolute Gasteiger partial charge is 0.119 e. The minimum absolute atomic E-state index is 0.00704. The minimum atomic E-state index is 0.00704. The van der Waals surface area contributed by atoms with E-state index in [4.69, 9.17) is 22.1 Å². The zero-order chi connectivity index (χ0) is 9.68. The third-order valence-corrected chi connectivity index (χ3v) is 2.16. The molecule has 72 valence electrons. The maximum atomic E-state index is 5.89. The van der Waals surface area contributed by atoms with Crippen LogP contribution in [0.4, 0.5) is 0 Å². The lowest BCUT2D eigenvalue weighted by molar-refractivity contribution is 0.413. The van der Waals surface area contributed by atoms with Gasteiger partial charge < -0.3 is 10.5 Å². The molecule has 0 saturated carbocycles. The summed E-state index contributed by atoms with van der Waals surface area (Å²) in [5, 5.41) is 0. The quantitative estimate of drug-likeness (QED) is 0.756. The molecule has 13 heavy (non-hydrogen) atoms. The predicted octanol–water partition coefficient (Wildman–Crippen LogP) is 2.32. The van der Waals surface area contributed by atoms with Crippen LogP contribution in [-0.2, 0) is 0 Å². The van der Waals surface area contributed by atoms with Gasteiger partial charge in [0.15, 0.2) is 0 Å². The summed E-state index contributed by atoms with van der Waals surface area (Å²) >= 11 is 5.61. The van der Waals surface area contributed by atoms with Gasteiger partial charge in [0.2, 0.25) is 0 Å². The number of ether oxygens (including phenoxy) is 1. The van der Waals surface area contributed by atoms with Crippen molar-refractivity contribution in [1.82, 2.24) is 0 Å². The van der Waals surface area contributed by atoms with Crippen molar-refractivity contribution in [2.75, 3.05) is 13.0 Å². The molecular formula is C10H14ClNO. The van der Waals surface area contributed by atoms with E-state index >= 15 is 0 Å². The second-order valence-corrected chi connectivity index (χ2v) is 3.24. The molecule has 2 nitrogen and oxygen atoms in total. The van der Waals surface area contributed by atoms with E-state index < -0.39 is 0 Å². The van der Waals surface area contributed by atoms with Crippen LogP contribution in [0, 0.1) is 0 Å². The highest BCUT2D eigenvalue weighted by molar-refractivity contribution is 6.17. The van der Waals surface area contributed by atoms with E-state index in [1.807, 2.05) is 24.3 Å². The molecular weight excluding hydrogens is 186 g/mol. The number of rotatable bonds is 4. The molecule has 3 heteroatoms. The maximum absolute atomic E-state index is 5.89. The van der Waals surface area contributed by atoms with Crippen molar-refractivity contribution in [3.63, 3.8) is 0 Å². The van der Waals surface area contributed by atoms with Crippen LogP contribution in [0.25, 0.3) is 0 Å². The molecule has 0 aliphatic rings. The van der Waals surface area contributed by atoms with Gasteiger partial charge in [-0.1, -0.05) is 12.1 Å². The van der Waals surface area contributed by atoms with Gasteiger partial charge in [-0.3, -0.25) is 0 Å². The Morgan fingerprint density at radius 1 is 1.54 bits per heavy atom. The summed E-state index contributed by atoms with van der Waals surface area (Å²) in [6.45, 7) is 0. The molecule has 0 aliphatic heterocycles. The van der Waals surface area contributed by atoms with Gasteiger partial charge in [-0.05, 0) is 24.1 Å². The van der Waals surface area contributed by atoms with Crippen molar-refractivity contribution >= 4 is 11.6 Å². The van der Waals surface area contributed by atoms with Crippen LogP contribution >= 0.6 is 11.6 Å². The first kappa shape index (κ1) is 10.4. The number of hydrogen-bond acceptors (Lipinski definition) is 2. The van der Waals surface area contributed by atoms with Gasteiger partial charge >= 0.3 is 0 Å². The summed E-state index contributed by atoms with van der Waals surface area (Å²) in [5.41, 5.74) is 6.96. The van der Waals surface area contributed by atoms with E-state index in [9.17, 15) is 0 Å². The summed E-state index contributed by atoms with van der Waals surface area (Å²) in [6, 6.07) is 7.77. The number of nitrogens with two attached hydrogens (primary N) is 1. The third-order valence-electron chi connectivity index (χ3n) is 1.94. The molecule has 0 radical (unpaired) electrons. The Morgan fingerprint density at radius 3 is 2.92 bits per heavy atom. The average Bonchev–Trinajstić information content (AvgIpc) is 2.18. The lowest BCUT2D eigenvalue weighted by Crippen LogP contribution is -2.10. The number of methoxy groups -OCH3 is 1. The second-order valence-electron chi connectivity index (χ2n) is 2.86. The van der Waals surface area contributed by atoms with E-state index in [-0.39, 0.29) is 6.04 Å². The number of benzene rings is 1. The van der Waals surface area contributed by atoms with Gasteiger partial charge in [0.05, 0.1) is 7.11 Å². The van der Waals surface area contributed by atoms with Crippen LogP contribution in [0.1, 0.15) is 18.0 Å². The maximum Gasteiger partial charge on any atom is 0.119 e. The zero-order valence-electron chi connectivity index (χ0n) is 7.66. The van der Waals surface area contributed by atoms with Crippen molar-refractivity contribution in [2.24, 2.45) is 5.73 Å². The van der Waals surface area contributed by atoms with Crippen LogP contribution in [0.15, 0.2) is 24.3 Å². The lowest BCUT2D eigenvalue weighted by atomic mass is 10.1. The third kappa shape index (κ3) is 2.90. The van der Waals surface area contributed by atoms with E-state index in [1.54, 1.807) is 7.11 Å². The first-order valence-electron chi connectivity index (χ1n) is 4.23. The van der Waals surface area contributed by atoms with E-state index in [0.29, 0.717) is 5.88 Å². The second kappa shape index (κ2) is 5.10. The Balaban J connectivity index is 2.75. The van der Waals surface area contributed by atoms with Crippen LogP contribution < -0.4 is 10.5 Å². The lowest BCUT2D eigenvalue weighted by Gasteiger charge is -2.10. The fourth-order valence-electron chi connectivity index (χ4n) is 1.16. The molecule has 1 aromatic carbocycles. The number of halogens is 1. The van der Waals surface area contributed by atoms with Crippen molar-refractivity contribution in [2.45, 2.75) is 12.5 Å². The Labute approximate surface area is 83.6 Å². The van der Waals surface area contributed by atoms with E-state index in [1.165, 1.54) is 0 Å². The highest BCUT2D eigenvalue weighted by atomic mass is 35.5. The summed E-state index contributed by atoms with van der Waals surface area (Å²) in [5.74, 6) is 1.42. The summed E-state index contributed by atoms with van der Waals surface area (Å²) in [6.07, 6.45) is 0.786. The molecule has 1 rings (SSSR count). The van der Waals surface area contributed by atoms with Gasteiger partial charge in [0, 0.05) is 11.9 Å². The van der Waals surface area contributed by atoms with Crippen LogP contribution in [-0.4, -0.2) is 13.0 Å². The standard InChI is InChI=1S/C10H14ClNO/c1-13-9-4-2-3-8(7-9)10(12)5-6-11/h2-4,7,10H,5-6,12H2,1H3. The number of hydrogen-bond donors (Lipinski definition) is 1. The average molecular weight is 200 g/mol. The van der Waals surface area contributed by atoms with Crippen LogP contribution in [0.3, 0.4) is 0 Å². The van der Waals surface area contributed by atoms with E-state index in [0.717, 1.165) is 17.7 Å². The summed E-state index contributed by atoms with van der Waals surface area (Å²) in [7, 11) is 1.65. The monoisotopic (exact) mass is 199 g/mol. The Hall–Kier alpha value is -0.730. The molecule has 1 aromatic rings. The van der Waals surface area contributed by atoms with Crippen molar-refractivity contribution in [1.29, 1.82) is 0 Å². The molecule has 2 N–H and O–H groups in total. The normalized spacial score (nSPS) is 12.5. The van der Waals surface area contributed by atoms with Crippen molar-refractivity contribution < 1.29 is 4.74 Å². The molecule has 0 heterocycles. The molecule has 1 atom stereocenters. The Kier molecular flexibility index (Phi) is 4.06. The molecule has 0 bridgehead atoms. The van der Waals surface area contributed by atoms with Gasteiger partial charge in [0.25, 0.3) is 0 Å². The fourth-order valence-corrected chi connectivity index (χ4v) is 1.39. The van der Waals surface area contributed by atoms with E-state index in [2.05, 4.69) is 0 Å². The Morgan fingerprint density at radius 2 is 2.31 bits per heavy atom. The molecule has 0 spiro atoms. The zero-order valence-corrected chi connectivity index (χ0v) is 8.42. The molecule has 0 amide bonds. The predicted molar refractivity (Wildman–Crippen MR) is 55.3 cm³/mol. The number of alkyl halides is 1. The molecule has 0 aromatic heterocycles. The first-order chi connectivity index (χ1) is 6.27. The fraction of sp³-hybridized carbons (Fsp3) is 0.400. The Bertz CT molecular complexity index is 265. The topological polar surface area (TPSA) is 35.2 Å². The van der Waals surface area contributed by atoms with Gasteiger partial charge in [-0.2, -0.15) is 0 Å². The SMILES string of the molecule is COc1cccc(C(N)CCCl)c1. The van der Waals surface area contributed by atoms with Crippen molar-refractivity contribution in [3.05, 3.63) is 29.8 Å². The molecule has 1 unspecified atom stereocenters. The largest absolute Gasteiger partial charge is 0.497 e.